The van der Waals surface area contributed by atoms with Crippen molar-refractivity contribution < 1.29 is 5.11 Å². The van der Waals surface area contributed by atoms with Gasteiger partial charge in [-0.2, -0.15) is 0 Å². The molecule has 1 atom stereocenters. The highest BCUT2D eigenvalue weighted by Gasteiger charge is 2.12. The molecule has 1 heterocycles. The van der Waals surface area contributed by atoms with Crippen LogP contribution in [0.5, 0.6) is 0 Å². The summed E-state index contributed by atoms with van der Waals surface area (Å²) in [5.74, 6) is 0. The average molecular weight is 185 g/mol. The molecule has 2 N–H and O–H groups in total. The van der Waals surface area contributed by atoms with Crippen molar-refractivity contribution in [3.8, 4) is 0 Å². The molecule has 0 aromatic carbocycles. The molecule has 3 heteroatoms. The Labute approximate surface area is 77.2 Å². The van der Waals surface area contributed by atoms with Crippen molar-refractivity contribution in [3.63, 3.8) is 0 Å². The molecule has 0 bridgehead atoms. The summed E-state index contributed by atoms with van der Waals surface area (Å²) in [6.45, 7) is 4.34. The summed E-state index contributed by atoms with van der Waals surface area (Å²) in [5.41, 5.74) is 1.22. The number of aliphatic hydroxyl groups excluding tert-OH is 1. The van der Waals surface area contributed by atoms with Crippen molar-refractivity contribution >= 4 is 11.3 Å². The predicted octanol–water partition coefficient (Wildman–Crippen LogP) is 1.62. The van der Waals surface area contributed by atoms with Gasteiger partial charge in [0.25, 0.3) is 0 Å². The second kappa shape index (κ2) is 4.03. The van der Waals surface area contributed by atoms with E-state index < -0.39 is 0 Å². The number of thiophene rings is 1. The normalized spacial score (nSPS) is 13.3. The van der Waals surface area contributed by atoms with Gasteiger partial charge in [0, 0.05) is 9.75 Å². The first-order valence-corrected chi connectivity index (χ1v) is 4.85. The molecule has 0 fully saturated rings. The van der Waals surface area contributed by atoms with Crippen LogP contribution < -0.4 is 5.32 Å². The molecule has 0 aliphatic heterocycles. The minimum Gasteiger partial charge on any atom is -0.394 e. The van der Waals surface area contributed by atoms with Crippen molar-refractivity contribution in [2.24, 2.45) is 0 Å². The number of likely N-dealkylation sites (N-methyl/N-ethyl adjacent to an activating group) is 1. The Balaban J connectivity index is 2.91. The molecule has 0 saturated heterocycles. The van der Waals surface area contributed by atoms with Crippen LogP contribution >= 0.6 is 11.3 Å². The number of aliphatic hydroxyl groups is 1. The van der Waals surface area contributed by atoms with Gasteiger partial charge in [-0.05, 0) is 32.5 Å². The zero-order valence-electron chi connectivity index (χ0n) is 7.72. The van der Waals surface area contributed by atoms with E-state index in [0.717, 1.165) is 0 Å². The zero-order valence-corrected chi connectivity index (χ0v) is 8.53. The molecular weight excluding hydrogens is 170 g/mol. The van der Waals surface area contributed by atoms with Crippen LogP contribution in [0.4, 0.5) is 0 Å². The summed E-state index contributed by atoms with van der Waals surface area (Å²) >= 11 is 1.78. The van der Waals surface area contributed by atoms with Gasteiger partial charge < -0.3 is 10.4 Å². The first kappa shape index (κ1) is 9.71. The molecule has 0 spiro atoms. The van der Waals surface area contributed by atoms with Gasteiger partial charge in [0.1, 0.15) is 0 Å². The quantitative estimate of drug-likeness (QED) is 0.750. The Morgan fingerprint density at radius 2 is 2.25 bits per heavy atom. The molecule has 0 radical (unpaired) electrons. The Hall–Kier alpha value is -0.380. The molecule has 12 heavy (non-hydrogen) atoms. The van der Waals surface area contributed by atoms with Gasteiger partial charge in [-0.25, -0.2) is 0 Å². The highest BCUT2D eigenvalue weighted by atomic mass is 32.1. The minimum atomic E-state index is 0.0925. The van der Waals surface area contributed by atoms with Crippen LogP contribution in [0.15, 0.2) is 6.07 Å². The number of rotatable bonds is 3. The first-order chi connectivity index (χ1) is 5.69. The largest absolute Gasteiger partial charge is 0.394 e. The van der Waals surface area contributed by atoms with Gasteiger partial charge in [-0.15, -0.1) is 11.3 Å². The summed E-state index contributed by atoms with van der Waals surface area (Å²) in [5, 5.41) is 12.1. The van der Waals surface area contributed by atoms with Crippen molar-refractivity contribution in [3.05, 3.63) is 21.4 Å². The summed E-state index contributed by atoms with van der Waals surface area (Å²) in [6, 6.07) is 2.23. The summed E-state index contributed by atoms with van der Waals surface area (Å²) in [6.07, 6.45) is 0. The fraction of sp³-hybridized carbons (Fsp3) is 0.556. The van der Waals surface area contributed by atoms with Gasteiger partial charge >= 0.3 is 0 Å². The number of hydrogen-bond donors (Lipinski definition) is 2. The Kier molecular flexibility index (Phi) is 3.26. The zero-order chi connectivity index (χ0) is 9.14. The predicted molar refractivity (Wildman–Crippen MR) is 52.7 cm³/mol. The lowest BCUT2D eigenvalue weighted by atomic mass is 10.1. The summed E-state index contributed by atoms with van der Waals surface area (Å²) in [7, 11) is 1.87. The maximum absolute atomic E-state index is 9.06. The van der Waals surface area contributed by atoms with Crippen LogP contribution in [0.3, 0.4) is 0 Å². The van der Waals surface area contributed by atoms with Gasteiger partial charge in [-0.1, -0.05) is 0 Å². The van der Waals surface area contributed by atoms with E-state index in [4.69, 9.17) is 5.11 Å². The molecule has 1 aromatic rings. The van der Waals surface area contributed by atoms with E-state index in [0.29, 0.717) is 0 Å². The molecule has 0 unspecified atom stereocenters. The van der Waals surface area contributed by atoms with Crippen LogP contribution in [0.25, 0.3) is 0 Å². The van der Waals surface area contributed by atoms with Crippen molar-refractivity contribution in [2.75, 3.05) is 13.7 Å². The molecular formula is C9H15NOS. The smallest absolute Gasteiger partial charge is 0.0626 e. The maximum Gasteiger partial charge on any atom is 0.0626 e. The van der Waals surface area contributed by atoms with Gasteiger partial charge in [0.15, 0.2) is 0 Å². The molecule has 1 aromatic heterocycles. The first-order valence-electron chi connectivity index (χ1n) is 4.04. The van der Waals surface area contributed by atoms with Gasteiger partial charge in [0.05, 0.1) is 12.6 Å². The Bertz CT molecular complexity index is 253. The highest BCUT2D eigenvalue weighted by molar-refractivity contribution is 7.12. The molecule has 0 amide bonds. The molecule has 0 aliphatic rings. The SMILES string of the molecule is CN[C@H](CO)c1cc(C)sc1C. The van der Waals surface area contributed by atoms with Crippen molar-refractivity contribution in [1.29, 1.82) is 0 Å². The number of nitrogens with one attached hydrogen (secondary N) is 1. The van der Waals surface area contributed by atoms with Crippen molar-refractivity contribution in [1.82, 2.24) is 5.32 Å². The lowest BCUT2D eigenvalue weighted by Gasteiger charge is -2.12. The third kappa shape index (κ3) is 1.86. The third-order valence-corrected chi connectivity index (χ3v) is 2.97. The van der Waals surface area contributed by atoms with Crippen LogP contribution in [0.2, 0.25) is 0 Å². The Morgan fingerprint density at radius 3 is 2.58 bits per heavy atom. The fourth-order valence-electron chi connectivity index (χ4n) is 1.34. The summed E-state index contributed by atoms with van der Waals surface area (Å²) < 4.78 is 0. The van der Waals surface area contributed by atoms with E-state index in [1.807, 2.05) is 7.05 Å². The standard InChI is InChI=1S/C9H15NOS/c1-6-4-8(7(2)12-6)9(5-11)10-3/h4,9-11H,5H2,1-3H3/t9-/m1/s1. The molecule has 2 nitrogen and oxygen atoms in total. The highest BCUT2D eigenvalue weighted by Crippen LogP contribution is 2.25. The van der Waals surface area contributed by atoms with Crippen LogP contribution in [-0.4, -0.2) is 18.8 Å². The monoisotopic (exact) mass is 185 g/mol. The average Bonchev–Trinajstić information content (AvgIpc) is 2.34. The Morgan fingerprint density at radius 1 is 1.58 bits per heavy atom. The molecule has 0 saturated carbocycles. The van der Waals surface area contributed by atoms with E-state index in [1.165, 1.54) is 15.3 Å². The van der Waals surface area contributed by atoms with E-state index in [9.17, 15) is 0 Å². The minimum absolute atomic E-state index is 0.0925. The third-order valence-electron chi connectivity index (χ3n) is 1.99. The van der Waals surface area contributed by atoms with Crippen LogP contribution in [-0.2, 0) is 0 Å². The van der Waals surface area contributed by atoms with Crippen LogP contribution in [0, 0.1) is 13.8 Å². The molecule has 68 valence electrons. The second-order valence-electron chi connectivity index (χ2n) is 2.89. The van der Waals surface area contributed by atoms with Crippen LogP contribution in [0.1, 0.15) is 21.4 Å². The lowest BCUT2D eigenvalue weighted by Crippen LogP contribution is -2.19. The van der Waals surface area contributed by atoms with E-state index in [-0.39, 0.29) is 12.6 Å². The lowest BCUT2D eigenvalue weighted by molar-refractivity contribution is 0.251. The molecule has 1 rings (SSSR count). The van der Waals surface area contributed by atoms with Gasteiger partial charge in [-0.3, -0.25) is 0 Å². The van der Waals surface area contributed by atoms with Crippen molar-refractivity contribution in [2.45, 2.75) is 19.9 Å². The van der Waals surface area contributed by atoms with Gasteiger partial charge in [0.2, 0.25) is 0 Å². The van der Waals surface area contributed by atoms with E-state index in [2.05, 4.69) is 25.2 Å². The second-order valence-corrected chi connectivity index (χ2v) is 4.35. The molecule has 0 aliphatic carbocycles. The fourth-order valence-corrected chi connectivity index (χ4v) is 2.33. The topological polar surface area (TPSA) is 32.3 Å². The number of aryl methyl sites for hydroxylation is 2. The van der Waals surface area contributed by atoms with E-state index >= 15 is 0 Å². The summed E-state index contributed by atoms with van der Waals surface area (Å²) in [4.78, 5) is 2.59. The maximum atomic E-state index is 9.06. The van der Waals surface area contributed by atoms with E-state index in [1.54, 1.807) is 11.3 Å². The number of hydrogen-bond acceptors (Lipinski definition) is 3.